The summed E-state index contributed by atoms with van der Waals surface area (Å²) in [7, 11) is -3.29. The minimum absolute atomic E-state index is 0.218. The van der Waals surface area contributed by atoms with Gasteiger partial charge in [-0.1, -0.05) is 24.3 Å². The van der Waals surface area contributed by atoms with Crippen LogP contribution in [-0.4, -0.2) is 62.9 Å². The fraction of sp³-hybridized carbons (Fsp3) is 0.346. The van der Waals surface area contributed by atoms with Crippen LogP contribution < -0.4 is 5.32 Å². The maximum Gasteiger partial charge on any atom is 0.257 e. The van der Waals surface area contributed by atoms with E-state index in [0.717, 1.165) is 68.0 Å². The minimum Gasteiger partial charge on any atom is -0.379 e. The number of anilines is 1. The Bertz CT molecular complexity index is 1270. The average molecular weight is 482 g/mol. The van der Waals surface area contributed by atoms with Crippen molar-refractivity contribution in [1.29, 1.82) is 0 Å². The van der Waals surface area contributed by atoms with Crippen molar-refractivity contribution in [3.63, 3.8) is 0 Å². The van der Waals surface area contributed by atoms with Crippen LogP contribution in [0.15, 0.2) is 59.6 Å². The first-order valence-electron chi connectivity index (χ1n) is 11.4. The fourth-order valence-corrected chi connectivity index (χ4v) is 4.95. The largest absolute Gasteiger partial charge is 0.379 e. The zero-order chi connectivity index (χ0) is 24.3. The van der Waals surface area contributed by atoms with E-state index in [4.69, 9.17) is 4.74 Å². The Labute approximate surface area is 201 Å². The summed E-state index contributed by atoms with van der Waals surface area (Å²) in [4.78, 5) is 15.8. The van der Waals surface area contributed by atoms with Crippen LogP contribution in [0.1, 0.15) is 21.5 Å². The van der Waals surface area contributed by atoms with Crippen LogP contribution in [0.4, 0.5) is 5.69 Å². The Morgan fingerprint density at radius 3 is 2.32 bits per heavy atom. The molecule has 1 fully saturated rings. The van der Waals surface area contributed by atoms with Gasteiger partial charge in [0.05, 0.1) is 29.4 Å². The van der Waals surface area contributed by atoms with Crippen molar-refractivity contribution >= 4 is 21.4 Å². The molecule has 0 saturated carbocycles. The number of aryl methyl sites for hydroxylation is 1. The molecule has 3 aromatic rings. The third-order valence-corrected chi connectivity index (χ3v) is 7.41. The molecule has 2 heterocycles. The smallest absolute Gasteiger partial charge is 0.257 e. The van der Waals surface area contributed by atoms with Gasteiger partial charge in [-0.15, -0.1) is 0 Å². The summed E-state index contributed by atoms with van der Waals surface area (Å²) >= 11 is 0. The molecule has 0 unspecified atom stereocenters. The predicted molar refractivity (Wildman–Crippen MR) is 134 cm³/mol. The van der Waals surface area contributed by atoms with Crippen molar-refractivity contribution < 1.29 is 17.9 Å². The molecule has 0 radical (unpaired) electrons. The summed E-state index contributed by atoms with van der Waals surface area (Å²) in [6.07, 6.45) is 3.09. The second kappa shape index (κ2) is 10.1. The van der Waals surface area contributed by atoms with Crippen LogP contribution in [0.25, 0.3) is 11.3 Å². The highest BCUT2D eigenvalue weighted by molar-refractivity contribution is 7.90. The maximum absolute atomic E-state index is 13.2. The Hall–Kier alpha value is -2.94. The Kier molecular flexibility index (Phi) is 7.21. The van der Waals surface area contributed by atoms with Crippen molar-refractivity contribution in [2.24, 2.45) is 0 Å². The lowest BCUT2D eigenvalue weighted by atomic mass is 10.0. The number of hydrogen-bond donors (Lipinski definition) is 1. The van der Waals surface area contributed by atoms with Gasteiger partial charge < -0.3 is 14.6 Å². The molecule has 0 aliphatic carbocycles. The highest BCUT2D eigenvalue weighted by Crippen LogP contribution is 2.31. The number of nitrogens with one attached hydrogen (secondary N) is 1. The zero-order valence-electron chi connectivity index (χ0n) is 19.9. The summed E-state index contributed by atoms with van der Waals surface area (Å²) in [6.45, 7) is 9.03. The highest BCUT2D eigenvalue weighted by Gasteiger charge is 2.21. The Morgan fingerprint density at radius 2 is 1.68 bits per heavy atom. The van der Waals surface area contributed by atoms with Crippen molar-refractivity contribution in [3.05, 3.63) is 71.4 Å². The molecule has 34 heavy (non-hydrogen) atoms. The van der Waals surface area contributed by atoms with Crippen molar-refractivity contribution in [3.8, 4) is 11.3 Å². The molecule has 0 bridgehead atoms. The number of carbonyl (C=O) groups excluding carboxylic acids is 1. The molecule has 2 aromatic carbocycles. The summed E-state index contributed by atoms with van der Waals surface area (Å²) in [6, 6.07) is 14.4. The molecule has 7 nitrogen and oxygen atoms in total. The first-order valence-corrected chi connectivity index (χ1v) is 13.3. The Morgan fingerprint density at radius 1 is 1.00 bits per heavy atom. The van der Waals surface area contributed by atoms with Gasteiger partial charge in [-0.2, -0.15) is 0 Å². The highest BCUT2D eigenvalue weighted by atomic mass is 32.2. The van der Waals surface area contributed by atoms with Crippen LogP contribution in [-0.2, 0) is 21.1 Å². The number of ether oxygens (including phenoxy) is 1. The van der Waals surface area contributed by atoms with E-state index >= 15 is 0 Å². The monoisotopic (exact) mass is 481 g/mol. The molecule has 8 heteroatoms. The van der Waals surface area contributed by atoms with Gasteiger partial charge in [-0.3, -0.25) is 9.69 Å². The molecular formula is C26H31N3O4S. The lowest BCUT2D eigenvalue weighted by Crippen LogP contribution is -2.38. The van der Waals surface area contributed by atoms with Crippen LogP contribution in [0, 0.1) is 13.8 Å². The third-order valence-electron chi connectivity index (χ3n) is 6.28. The predicted octanol–water partition coefficient (Wildman–Crippen LogP) is 3.76. The zero-order valence-corrected chi connectivity index (χ0v) is 20.7. The van der Waals surface area contributed by atoms with E-state index in [9.17, 15) is 13.2 Å². The molecule has 180 valence electrons. The molecule has 1 amide bonds. The third kappa shape index (κ3) is 5.41. The summed E-state index contributed by atoms with van der Waals surface area (Å²) < 4.78 is 31.1. The molecule has 0 spiro atoms. The maximum atomic E-state index is 13.2. The number of carbonyl (C=O) groups is 1. The lowest BCUT2D eigenvalue weighted by molar-refractivity contribution is 0.0364. The number of benzene rings is 2. The number of amides is 1. The van der Waals surface area contributed by atoms with E-state index in [1.165, 1.54) is 12.1 Å². The summed E-state index contributed by atoms with van der Waals surface area (Å²) in [5.74, 6) is -0.218. The molecule has 1 aliphatic heterocycles. The Balaban J connectivity index is 1.62. The van der Waals surface area contributed by atoms with E-state index in [2.05, 4.69) is 33.8 Å². The number of nitrogens with zero attached hydrogens (tertiary/aromatic N) is 2. The van der Waals surface area contributed by atoms with E-state index < -0.39 is 9.84 Å². The topological polar surface area (TPSA) is 80.6 Å². The van der Waals surface area contributed by atoms with E-state index in [0.29, 0.717) is 11.3 Å². The number of morpholine rings is 1. The number of hydrogen-bond acceptors (Lipinski definition) is 5. The van der Waals surface area contributed by atoms with Gasteiger partial charge in [0.1, 0.15) is 0 Å². The van der Waals surface area contributed by atoms with Gasteiger partial charge >= 0.3 is 0 Å². The van der Waals surface area contributed by atoms with Crippen LogP contribution >= 0.6 is 0 Å². The molecule has 1 aromatic heterocycles. The van der Waals surface area contributed by atoms with Gasteiger partial charge in [-0.25, -0.2) is 8.42 Å². The first kappa shape index (κ1) is 24.2. The normalized spacial score (nSPS) is 14.8. The van der Waals surface area contributed by atoms with Gasteiger partial charge in [-0.05, 0) is 49.2 Å². The number of sulfone groups is 1. The average Bonchev–Trinajstić information content (AvgIpc) is 3.14. The summed E-state index contributed by atoms with van der Waals surface area (Å²) in [5, 5.41) is 2.92. The first-order chi connectivity index (χ1) is 16.2. The molecule has 1 saturated heterocycles. The second-order valence-corrected chi connectivity index (χ2v) is 10.7. The molecular weight excluding hydrogens is 450 g/mol. The van der Waals surface area contributed by atoms with Crippen molar-refractivity contribution in [2.45, 2.75) is 25.3 Å². The van der Waals surface area contributed by atoms with Crippen LogP contribution in [0.3, 0.4) is 0 Å². The fourth-order valence-electron chi connectivity index (χ4n) is 4.32. The lowest BCUT2D eigenvalue weighted by Gasteiger charge is -2.27. The molecule has 1 N–H and O–H groups in total. The van der Waals surface area contributed by atoms with Crippen LogP contribution in [0.5, 0.6) is 0 Å². The molecule has 0 atom stereocenters. The second-order valence-electron chi connectivity index (χ2n) is 8.73. The van der Waals surface area contributed by atoms with Crippen LogP contribution in [0.2, 0.25) is 0 Å². The molecule has 1 aliphatic rings. The number of rotatable bonds is 7. The van der Waals surface area contributed by atoms with Crippen molar-refractivity contribution in [1.82, 2.24) is 9.47 Å². The van der Waals surface area contributed by atoms with Crippen molar-refractivity contribution in [2.75, 3.05) is 44.4 Å². The van der Waals surface area contributed by atoms with Gasteiger partial charge in [0.15, 0.2) is 9.84 Å². The van der Waals surface area contributed by atoms with E-state index in [1.807, 2.05) is 25.3 Å². The van der Waals surface area contributed by atoms with Gasteiger partial charge in [0.2, 0.25) is 0 Å². The standard InChI is InChI=1S/C26H31N3O4S/c1-19-6-4-5-7-23(19)25-20(2)24(18-29(25)13-12-28-14-16-33-17-15-28)26(30)27-21-8-10-22(11-9-21)34(3,31)32/h4-11,18H,12-17H2,1-3H3,(H,27,30). The molecule has 4 rings (SSSR count). The van der Waals surface area contributed by atoms with E-state index in [-0.39, 0.29) is 10.8 Å². The SMILES string of the molecule is Cc1ccccc1-c1c(C)c(C(=O)Nc2ccc(S(C)(=O)=O)cc2)cn1CCN1CCOCC1. The van der Waals surface area contributed by atoms with E-state index in [1.54, 1.807) is 12.1 Å². The quantitative estimate of drug-likeness (QED) is 0.556. The van der Waals surface area contributed by atoms with Gasteiger partial charge in [0.25, 0.3) is 5.91 Å². The number of aromatic nitrogens is 1. The van der Waals surface area contributed by atoms with Gasteiger partial charge in [0, 0.05) is 49.9 Å². The minimum atomic E-state index is -3.29. The summed E-state index contributed by atoms with van der Waals surface area (Å²) in [5.41, 5.74) is 5.38.